The lowest BCUT2D eigenvalue weighted by Crippen LogP contribution is -2.36. The Morgan fingerprint density at radius 1 is 1.26 bits per heavy atom. The SMILES string of the molecule is CCOC(=O)N1CCc2c(c3ccccc3n2CC(=O)OC)C1. The fourth-order valence-corrected chi connectivity index (χ4v) is 3.15. The van der Waals surface area contributed by atoms with Crippen LogP contribution in [-0.4, -0.2) is 41.8 Å². The van der Waals surface area contributed by atoms with Gasteiger partial charge in [0, 0.05) is 35.1 Å². The van der Waals surface area contributed by atoms with Crippen molar-refractivity contribution in [3.05, 3.63) is 35.5 Å². The number of amides is 1. The molecular formula is C17H20N2O4. The number of hydrogen-bond acceptors (Lipinski definition) is 4. The number of carbonyl (C=O) groups is 2. The van der Waals surface area contributed by atoms with Gasteiger partial charge in [0.2, 0.25) is 0 Å². The number of para-hydroxylation sites is 1. The van der Waals surface area contributed by atoms with Crippen LogP contribution in [0.2, 0.25) is 0 Å². The molecular weight excluding hydrogens is 296 g/mol. The number of rotatable bonds is 3. The summed E-state index contributed by atoms with van der Waals surface area (Å²) in [5.74, 6) is -0.277. The van der Waals surface area contributed by atoms with Gasteiger partial charge in [0.1, 0.15) is 6.54 Å². The summed E-state index contributed by atoms with van der Waals surface area (Å²) in [6.45, 7) is 3.44. The van der Waals surface area contributed by atoms with Gasteiger partial charge >= 0.3 is 12.1 Å². The van der Waals surface area contributed by atoms with Gasteiger partial charge in [-0.05, 0) is 13.0 Å². The second-order valence-corrected chi connectivity index (χ2v) is 5.48. The third kappa shape index (κ3) is 2.76. The first-order valence-electron chi connectivity index (χ1n) is 7.73. The van der Waals surface area contributed by atoms with E-state index in [4.69, 9.17) is 9.47 Å². The number of methoxy groups -OCH3 is 1. The zero-order valence-electron chi connectivity index (χ0n) is 13.4. The first kappa shape index (κ1) is 15.4. The molecule has 6 nitrogen and oxygen atoms in total. The van der Waals surface area contributed by atoms with E-state index in [1.54, 1.807) is 11.8 Å². The van der Waals surface area contributed by atoms with E-state index in [0.29, 0.717) is 26.1 Å². The summed E-state index contributed by atoms with van der Waals surface area (Å²) in [4.78, 5) is 25.4. The minimum atomic E-state index is -0.289. The molecule has 1 aliphatic heterocycles. The first-order valence-corrected chi connectivity index (χ1v) is 7.73. The Labute approximate surface area is 134 Å². The fourth-order valence-electron chi connectivity index (χ4n) is 3.15. The van der Waals surface area contributed by atoms with Gasteiger partial charge in [0.25, 0.3) is 0 Å². The Bertz CT molecular complexity index is 750. The number of aromatic nitrogens is 1. The maximum Gasteiger partial charge on any atom is 0.410 e. The third-order valence-corrected chi connectivity index (χ3v) is 4.20. The Balaban J connectivity index is 2.01. The molecule has 2 aromatic rings. The lowest BCUT2D eigenvalue weighted by molar-refractivity contribution is -0.141. The molecule has 0 saturated carbocycles. The van der Waals surface area contributed by atoms with Crippen LogP contribution in [-0.2, 0) is 33.8 Å². The minimum Gasteiger partial charge on any atom is -0.468 e. The molecule has 23 heavy (non-hydrogen) atoms. The van der Waals surface area contributed by atoms with Crippen LogP contribution >= 0.6 is 0 Å². The molecule has 1 aromatic heterocycles. The van der Waals surface area contributed by atoms with Crippen LogP contribution in [0.25, 0.3) is 10.9 Å². The van der Waals surface area contributed by atoms with Crippen molar-refractivity contribution >= 4 is 23.0 Å². The van der Waals surface area contributed by atoms with E-state index >= 15 is 0 Å². The largest absolute Gasteiger partial charge is 0.468 e. The average molecular weight is 316 g/mol. The van der Waals surface area contributed by atoms with Crippen molar-refractivity contribution in [2.24, 2.45) is 0 Å². The smallest absolute Gasteiger partial charge is 0.410 e. The molecule has 0 radical (unpaired) electrons. The molecule has 3 rings (SSSR count). The zero-order valence-corrected chi connectivity index (χ0v) is 13.4. The van der Waals surface area contributed by atoms with Crippen LogP contribution in [0, 0.1) is 0 Å². The molecule has 1 aromatic carbocycles. The Morgan fingerprint density at radius 2 is 2.04 bits per heavy atom. The van der Waals surface area contributed by atoms with Crippen molar-refractivity contribution in [3.8, 4) is 0 Å². The molecule has 2 heterocycles. The van der Waals surface area contributed by atoms with Crippen LogP contribution < -0.4 is 0 Å². The fraction of sp³-hybridized carbons (Fsp3) is 0.412. The number of ether oxygens (including phenoxy) is 2. The van der Waals surface area contributed by atoms with E-state index in [2.05, 4.69) is 0 Å². The summed E-state index contributed by atoms with van der Waals surface area (Å²) in [6.07, 6.45) is 0.405. The Kier molecular flexibility index (Phi) is 4.23. The summed E-state index contributed by atoms with van der Waals surface area (Å²) >= 11 is 0. The summed E-state index contributed by atoms with van der Waals surface area (Å²) in [7, 11) is 1.39. The number of fused-ring (bicyclic) bond motifs is 3. The van der Waals surface area contributed by atoms with Crippen molar-refractivity contribution in [1.29, 1.82) is 0 Å². The highest BCUT2D eigenvalue weighted by atomic mass is 16.6. The maximum atomic E-state index is 12.0. The van der Waals surface area contributed by atoms with Crippen molar-refractivity contribution < 1.29 is 19.1 Å². The van der Waals surface area contributed by atoms with Crippen LogP contribution in [0.3, 0.4) is 0 Å². The molecule has 6 heteroatoms. The van der Waals surface area contributed by atoms with E-state index in [-0.39, 0.29) is 18.6 Å². The monoisotopic (exact) mass is 316 g/mol. The van der Waals surface area contributed by atoms with Crippen molar-refractivity contribution in [2.75, 3.05) is 20.3 Å². The predicted molar refractivity (Wildman–Crippen MR) is 85.1 cm³/mol. The summed E-state index contributed by atoms with van der Waals surface area (Å²) in [6, 6.07) is 7.93. The maximum absolute atomic E-state index is 12.0. The highest BCUT2D eigenvalue weighted by Crippen LogP contribution is 2.31. The van der Waals surface area contributed by atoms with E-state index in [0.717, 1.165) is 22.2 Å². The molecule has 1 aliphatic rings. The van der Waals surface area contributed by atoms with Gasteiger partial charge in [0.05, 0.1) is 20.3 Å². The predicted octanol–water partition coefficient (Wildman–Crippen LogP) is 2.33. The Hall–Kier alpha value is -2.50. The van der Waals surface area contributed by atoms with Crippen molar-refractivity contribution in [2.45, 2.75) is 26.4 Å². The quantitative estimate of drug-likeness (QED) is 0.816. The van der Waals surface area contributed by atoms with Crippen molar-refractivity contribution in [3.63, 3.8) is 0 Å². The Morgan fingerprint density at radius 3 is 2.78 bits per heavy atom. The summed E-state index contributed by atoms with van der Waals surface area (Å²) in [5, 5.41) is 1.07. The zero-order chi connectivity index (χ0) is 16.4. The van der Waals surface area contributed by atoms with Crippen LogP contribution in [0.15, 0.2) is 24.3 Å². The first-order chi connectivity index (χ1) is 11.2. The lowest BCUT2D eigenvalue weighted by Gasteiger charge is -2.27. The second-order valence-electron chi connectivity index (χ2n) is 5.48. The minimum absolute atomic E-state index is 0.186. The molecule has 1 amide bonds. The molecule has 0 atom stereocenters. The number of carbonyl (C=O) groups excluding carboxylic acids is 2. The summed E-state index contributed by atoms with van der Waals surface area (Å²) in [5.41, 5.74) is 3.18. The van der Waals surface area contributed by atoms with Gasteiger partial charge in [-0.3, -0.25) is 4.79 Å². The van der Waals surface area contributed by atoms with Gasteiger partial charge in [0.15, 0.2) is 0 Å². The standard InChI is InChI=1S/C17H20N2O4/c1-3-23-17(21)18-9-8-15-13(10-18)12-6-4-5-7-14(12)19(15)11-16(20)22-2/h4-7H,3,8-11H2,1-2H3. The van der Waals surface area contributed by atoms with Crippen LogP contribution in [0.1, 0.15) is 18.2 Å². The molecule has 0 unspecified atom stereocenters. The summed E-state index contributed by atoms with van der Waals surface area (Å²) < 4.78 is 11.9. The van der Waals surface area contributed by atoms with Gasteiger partial charge in [-0.2, -0.15) is 0 Å². The molecule has 0 fully saturated rings. The van der Waals surface area contributed by atoms with Gasteiger partial charge in [-0.1, -0.05) is 18.2 Å². The second kappa shape index (κ2) is 6.32. The topological polar surface area (TPSA) is 60.8 Å². The lowest BCUT2D eigenvalue weighted by atomic mass is 10.0. The highest BCUT2D eigenvalue weighted by Gasteiger charge is 2.27. The van der Waals surface area contributed by atoms with Crippen LogP contribution in [0.4, 0.5) is 4.79 Å². The number of hydrogen-bond donors (Lipinski definition) is 0. The molecule has 0 saturated heterocycles. The van der Waals surface area contributed by atoms with E-state index < -0.39 is 0 Å². The van der Waals surface area contributed by atoms with E-state index in [1.807, 2.05) is 28.8 Å². The number of benzene rings is 1. The van der Waals surface area contributed by atoms with Gasteiger partial charge in [-0.25, -0.2) is 4.79 Å². The average Bonchev–Trinajstić information content (AvgIpc) is 2.88. The van der Waals surface area contributed by atoms with Gasteiger partial charge in [-0.15, -0.1) is 0 Å². The van der Waals surface area contributed by atoms with Gasteiger partial charge < -0.3 is 18.9 Å². The molecule has 0 aliphatic carbocycles. The normalized spacial score (nSPS) is 13.7. The molecule has 0 spiro atoms. The van der Waals surface area contributed by atoms with E-state index in [1.165, 1.54) is 7.11 Å². The van der Waals surface area contributed by atoms with Crippen molar-refractivity contribution in [1.82, 2.24) is 9.47 Å². The third-order valence-electron chi connectivity index (χ3n) is 4.20. The molecule has 122 valence electrons. The number of nitrogens with zero attached hydrogens (tertiary/aromatic N) is 2. The van der Waals surface area contributed by atoms with Crippen LogP contribution in [0.5, 0.6) is 0 Å². The molecule has 0 N–H and O–H groups in total. The molecule has 0 bridgehead atoms. The number of esters is 1. The van der Waals surface area contributed by atoms with E-state index in [9.17, 15) is 9.59 Å². The highest BCUT2D eigenvalue weighted by molar-refractivity contribution is 5.87.